The Labute approximate surface area is 115 Å². The van der Waals surface area contributed by atoms with E-state index in [0.717, 1.165) is 43.5 Å². The summed E-state index contributed by atoms with van der Waals surface area (Å²) < 4.78 is 27.1. The van der Waals surface area contributed by atoms with Crippen LogP contribution in [0.4, 0.5) is 5.69 Å². The van der Waals surface area contributed by atoms with Gasteiger partial charge in [-0.2, -0.15) is 0 Å². The predicted molar refractivity (Wildman–Crippen MR) is 78.9 cm³/mol. The van der Waals surface area contributed by atoms with Crippen LogP contribution < -0.4 is 10.0 Å². The molecule has 1 atom stereocenters. The molecule has 1 aliphatic rings. The van der Waals surface area contributed by atoms with Gasteiger partial charge >= 0.3 is 0 Å². The third-order valence-electron chi connectivity index (χ3n) is 3.39. The number of hydrogen-bond acceptors (Lipinski definition) is 3. The third-order valence-corrected chi connectivity index (χ3v) is 4.76. The van der Waals surface area contributed by atoms with Crippen molar-refractivity contribution in [1.82, 2.24) is 5.32 Å². The fraction of sp³-hybridized carbons (Fsp3) is 0.571. The smallest absolute Gasteiger partial charge is 0.234 e. The third kappa shape index (κ3) is 4.21. The Kier molecular flexibility index (Phi) is 4.82. The van der Waals surface area contributed by atoms with Gasteiger partial charge in [-0.15, -0.1) is 0 Å². The lowest BCUT2D eigenvalue weighted by Gasteiger charge is -2.15. The molecule has 106 valence electrons. The first-order chi connectivity index (χ1) is 9.11. The Balaban J connectivity index is 2.06. The van der Waals surface area contributed by atoms with Crippen LogP contribution in [-0.2, 0) is 16.4 Å². The lowest BCUT2D eigenvalue weighted by Crippen LogP contribution is -2.33. The summed E-state index contributed by atoms with van der Waals surface area (Å²) in [4.78, 5) is 0. The summed E-state index contributed by atoms with van der Waals surface area (Å²) in [6, 6.07) is 7.72. The number of rotatable bonds is 6. The van der Waals surface area contributed by atoms with Crippen LogP contribution >= 0.6 is 0 Å². The van der Waals surface area contributed by atoms with Crippen LogP contribution in [0.3, 0.4) is 0 Å². The summed E-state index contributed by atoms with van der Waals surface area (Å²) in [6.45, 7) is 3.01. The molecule has 1 aromatic rings. The van der Waals surface area contributed by atoms with Gasteiger partial charge in [0.15, 0.2) is 0 Å². The molecule has 4 nitrogen and oxygen atoms in total. The first kappa shape index (κ1) is 14.3. The second kappa shape index (κ2) is 6.39. The van der Waals surface area contributed by atoms with Gasteiger partial charge in [-0.05, 0) is 37.4 Å². The van der Waals surface area contributed by atoms with Crippen molar-refractivity contribution in [3.8, 4) is 0 Å². The Bertz CT molecular complexity index is 508. The normalized spacial score (nSPS) is 19.5. The Hall–Kier alpha value is -1.07. The maximum Gasteiger partial charge on any atom is 0.234 e. The molecule has 5 heteroatoms. The number of nitrogens with one attached hydrogen (secondary N) is 2. The fourth-order valence-electron chi connectivity index (χ4n) is 2.48. The van der Waals surface area contributed by atoms with E-state index >= 15 is 0 Å². The second-order valence-corrected chi connectivity index (χ2v) is 6.85. The summed E-state index contributed by atoms with van der Waals surface area (Å²) in [5, 5.41) is 3.22. The van der Waals surface area contributed by atoms with Crippen molar-refractivity contribution in [3.63, 3.8) is 0 Å². The average Bonchev–Trinajstić information content (AvgIpc) is 2.83. The minimum atomic E-state index is -3.27. The molecule has 1 fully saturated rings. The summed E-state index contributed by atoms with van der Waals surface area (Å²) in [5.41, 5.74) is 1.79. The molecular formula is C14H22N2O2S. The molecule has 1 saturated heterocycles. The van der Waals surface area contributed by atoms with Gasteiger partial charge < -0.3 is 5.32 Å². The zero-order chi connectivity index (χ0) is 13.7. The minimum absolute atomic E-state index is 0.0934. The van der Waals surface area contributed by atoms with Gasteiger partial charge in [0.25, 0.3) is 0 Å². The van der Waals surface area contributed by atoms with Gasteiger partial charge in [0.1, 0.15) is 0 Å². The van der Waals surface area contributed by atoms with Crippen molar-refractivity contribution in [1.29, 1.82) is 0 Å². The van der Waals surface area contributed by atoms with Gasteiger partial charge in [0.05, 0.1) is 11.4 Å². The summed E-state index contributed by atoms with van der Waals surface area (Å²) in [5.74, 6) is 0.160. The molecule has 0 aliphatic carbocycles. The number of hydrogen-bond donors (Lipinski definition) is 2. The Morgan fingerprint density at radius 2 is 2.16 bits per heavy atom. The maximum absolute atomic E-state index is 12.2. The first-order valence-electron chi connectivity index (χ1n) is 6.92. The topological polar surface area (TPSA) is 58.2 Å². The quantitative estimate of drug-likeness (QED) is 0.840. The second-order valence-electron chi connectivity index (χ2n) is 5.08. The Morgan fingerprint density at radius 1 is 1.37 bits per heavy atom. The van der Waals surface area contributed by atoms with Gasteiger partial charge in [-0.1, -0.05) is 31.5 Å². The largest absolute Gasteiger partial charge is 0.313 e. The van der Waals surface area contributed by atoms with Crippen molar-refractivity contribution in [3.05, 3.63) is 29.8 Å². The summed E-state index contributed by atoms with van der Waals surface area (Å²) in [7, 11) is -3.27. The molecule has 2 N–H and O–H groups in total. The van der Waals surface area contributed by atoms with Crippen molar-refractivity contribution in [2.45, 2.75) is 38.6 Å². The Morgan fingerprint density at radius 3 is 2.84 bits per heavy atom. The van der Waals surface area contributed by atoms with Crippen molar-refractivity contribution >= 4 is 15.7 Å². The molecule has 0 radical (unpaired) electrons. The maximum atomic E-state index is 12.2. The van der Waals surface area contributed by atoms with Crippen LogP contribution in [0.5, 0.6) is 0 Å². The van der Waals surface area contributed by atoms with E-state index in [1.807, 2.05) is 24.3 Å². The number of sulfonamides is 1. The van der Waals surface area contributed by atoms with Crippen LogP contribution in [0.25, 0.3) is 0 Å². The van der Waals surface area contributed by atoms with Crippen molar-refractivity contribution in [2.24, 2.45) is 0 Å². The zero-order valence-electron chi connectivity index (χ0n) is 11.4. The monoisotopic (exact) mass is 282 g/mol. The minimum Gasteiger partial charge on any atom is -0.313 e. The molecule has 0 saturated carbocycles. The van der Waals surface area contributed by atoms with Crippen LogP contribution in [0.15, 0.2) is 24.3 Å². The lowest BCUT2D eigenvalue weighted by atomic mass is 10.1. The zero-order valence-corrected chi connectivity index (χ0v) is 12.2. The van der Waals surface area contributed by atoms with Crippen LogP contribution in [0.1, 0.15) is 31.7 Å². The standard InChI is InChI=1S/C14H22N2O2S/c1-2-6-12-7-3-4-9-14(12)16-19(17,18)11-13-8-5-10-15-13/h3-4,7,9,13,15-16H,2,5-6,8,10-11H2,1H3. The summed E-state index contributed by atoms with van der Waals surface area (Å²) in [6.07, 6.45) is 3.90. The highest BCUT2D eigenvalue weighted by Gasteiger charge is 2.22. The molecule has 1 heterocycles. The van der Waals surface area contributed by atoms with Gasteiger partial charge in [0.2, 0.25) is 10.0 Å². The van der Waals surface area contributed by atoms with Crippen LogP contribution in [0, 0.1) is 0 Å². The lowest BCUT2D eigenvalue weighted by molar-refractivity contribution is 0.581. The molecule has 0 aromatic heterocycles. The average molecular weight is 282 g/mol. The van der Waals surface area contributed by atoms with E-state index < -0.39 is 10.0 Å². The molecular weight excluding hydrogens is 260 g/mol. The molecule has 1 aromatic carbocycles. The first-order valence-corrected chi connectivity index (χ1v) is 8.58. The van der Waals surface area contributed by atoms with E-state index in [0.29, 0.717) is 0 Å². The number of para-hydroxylation sites is 1. The number of benzene rings is 1. The number of aryl methyl sites for hydroxylation is 1. The predicted octanol–water partition coefficient (Wildman–Crippen LogP) is 2.13. The molecule has 19 heavy (non-hydrogen) atoms. The van der Waals surface area contributed by atoms with E-state index in [-0.39, 0.29) is 11.8 Å². The highest BCUT2D eigenvalue weighted by atomic mass is 32.2. The highest BCUT2D eigenvalue weighted by molar-refractivity contribution is 7.92. The van der Waals surface area contributed by atoms with E-state index in [2.05, 4.69) is 17.0 Å². The SMILES string of the molecule is CCCc1ccccc1NS(=O)(=O)CC1CCCN1. The van der Waals surface area contributed by atoms with Gasteiger partial charge in [-0.25, -0.2) is 8.42 Å². The number of anilines is 1. The van der Waals surface area contributed by atoms with Crippen molar-refractivity contribution in [2.75, 3.05) is 17.0 Å². The van der Waals surface area contributed by atoms with E-state index in [4.69, 9.17) is 0 Å². The molecule has 1 aliphatic heterocycles. The molecule has 0 amide bonds. The summed E-state index contributed by atoms with van der Waals surface area (Å²) >= 11 is 0. The molecule has 0 bridgehead atoms. The molecule has 2 rings (SSSR count). The molecule has 1 unspecified atom stereocenters. The van der Waals surface area contributed by atoms with E-state index in [1.54, 1.807) is 0 Å². The van der Waals surface area contributed by atoms with Crippen LogP contribution in [0.2, 0.25) is 0 Å². The van der Waals surface area contributed by atoms with E-state index in [1.165, 1.54) is 0 Å². The fourth-order valence-corrected chi connectivity index (χ4v) is 3.91. The van der Waals surface area contributed by atoms with Crippen molar-refractivity contribution < 1.29 is 8.42 Å². The van der Waals surface area contributed by atoms with Gasteiger partial charge in [0, 0.05) is 6.04 Å². The van der Waals surface area contributed by atoms with Crippen LogP contribution in [-0.4, -0.2) is 26.8 Å². The van der Waals surface area contributed by atoms with E-state index in [9.17, 15) is 8.42 Å². The molecule has 0 spiro atoms. The highest BCUT2D eigenvalue weighted by Crippen LogP contribution is 2.19. The van der Waals surface area contributed by atoms with Gasteiger partial charge in [-0.3, -0.25) is 4.72 Å².